The SMILES string of the molecule is COc1ccc(NCc2cccc(Cl)c2)cc1Br. The van der Waals surface area contributed by atoms with Gasteiger partial charge in [0, 0.05) is 17.3 Å². The molecule has 0 aliphatic carbocycles. The lowest BCUT2D eigenvalue weighted by Crippen LogP contribution is -1.99. The molecule has 0 fully saturated rings. The zero-order valence-electron chi connectivity index (χ0n) is 9.91. The molecule has 94 valence electrons. The maximum Gasteiger partial charge on any atom is 0.133 e. The fourth-order valence-corrected chi connectivity index (χ4v) is 2.38. The highest BCUT2D eigenvalue weighted by Crippen LogP contribution is 2.27. The van der Waals surface area contributed by atoms with Gasteiger partial charge in [-0.05, 0) is 51.8 Å². The van der Waals surface area contributed by atoms with Crippen molar-refractivity contribution in [3.8, 4) is 5.75 Å². The molecule has 0 radical (unpaired) electrons. The Morgan fingerprint density at radius 2 is 2.06 bits per heavy atom. The first-order chi connectivity index (χ1) is 8.69. The first-order valence-electron chi connectivity index (χ1n) is 5.51. The molecule has 1 N–H and O–H groups in total. The van der Waals surface area contributed by atoms with Gasteiger partial charge >= 0.3 is 0 Å². The van der Waals surface area contributed by atoms with Crippen molar-refractivity contribution in [2.24, 2.45) is 0 Å². The second-order valence-corrected chi connectivity index (χ2v) is 5.12. The van der Waals surface area contributed by atoms with Crippen molar-refractivity contribution in [3.05, 3.63) is 57.5 Å². The standard InChI is InChI=1S/C14H13BrClNO/c1-18-14-6-5-12(8-13(14)15)17-9-10-3-2-4-11(16)7-10/h2-8,17H,9H2,1H3. The third-order valence-corrected chi connectivity index (χ3v) is 3.39. The molecule has 0 aromatic heterocycles. The van der Waals surface area contributed by atoms with Crippen LogP contribution in [0, 0.1) is 0 Å². The number of benzene rings is 2. The Morgan fingerprint density at radius 1 is 1.22 bits per heavy atom. The zero-order chi connectivity index (χ0) is 13.0. The Hall–Kier alpha value is -1.19. The normalized spacial score (nSPS) is 10.2. The molecule has 0 bridgehead atoms. The first kappa shape index (κ1) is 13.2. The number of hydrogen-bond donors (Lipinski definition) is 1. The van der Waals surface area contributed by atoms with Crippen LogP contribution in [0.5, 0.6) is 5.75 Å². The molecule has 0 aliphatic heterocycles. The van der Waals surface area contributed by atoms with Crippen LogP contribution in [-0.2, 0) is 6.54 Å². The molecule has 0 unspecified atom stereocenters. The van der Waals surface area contributed by atoms with E-state index in [1.807, 2.05) is 42.5 Å². The molecule has 0 saturated carbocycles. The predicted molar refractivity (Wildman–Crippen MR) is 79.5 cm³/mol. The molecule has 2 nitrogen and oxygen atoms in total. The minimum Gasteiger partial charge on any atom is -0.496 e. The summed E-state index contributed by atoms with van der Waals surface area (Å²) in [4.78, 5) is 0. The number of ether oxygens (including phenoxy) is 1. The van der Waals surface area contributed by atoms with E-state index < -0.39 is 0 Å². The lowest BCUT2D eigenvalue weighted by Gasteiger charge is -2.09. The molecule has 0 heterocycles. The summed E-state index contributed by atoms with van der Waals surface area (Å²) >= 11 is 9.40. The lowest BCUT2D eigenvalue weighted by atomic mass is 10.2. The summed E-state index contributed by atoms with van der Waals surface area (Å²) in [5.74, 6) is 0.823. The maximum absolute atomic E-state index is 5.94. The quantitative estimate of drug-likeness (QED) is 0.877. The van der Waals surface area contributed by atoms with E-state index in [0.717, 1.165) is 33.0 Å². The predicted octanol–water partition coefficient (Wildman–Crippen LogP) is 4.72. The van der Waals surface area contributed by atoms with E-state index in [9.17, 15) is 0 Å². The van der Waals surface area contributed by atoms with Crippen molar-refractivity contribution in [3.63, 3.8) is 0 Å². The van der Waals surface area contributed by atoms with E-state index in [1.54, 1.807) is 7.11 Å². The zero-order valence-corrected chi connectivity index (χ0v) is 12.3. The Labute approximate surface area is 120 Å². The number of anilines is 1. The van der Waals surface area contributed by atoms with Gasteiger partial charge in [-0.15, -0.1) is 0 Å². The molecular weight excluding hydrogens is 314 g/mol. The van der Waals surface area contributed by atoms with Gasteiger partial charge in [0.25, 0.3) is 0 Å². The number of halogens is 2. The van der Waals surface area contributed by atoms with Gasteiger partial charge < -0.3 is 10.1 Å². The average molecular weight is 327 g/mol. The Bertz CT molecular complexity index is 545. The van der Waals surface area contributed by atoms with Crippen LogP contribution in [0.25, 0.3) is 0 Å². The van der Waals surface area contributed by atoms with Gasteiger partial charge in [0.2, 0.25) is 0 Å². The van der Waals surface area contributed by atoms with Crippen molar-refractivity contribution in [2.45, 2.75) is 6.54 Å². The lowest BCUT2D eigenvalue weighted by molar-refractivity contribution is 0.412. The summed E-state index contributed by atoms with van der Waals surface area (Å²) in [6.45, 7) is 0.735. The molecule has 18 heavy (non-hydrogen) atoms. The second kappa shape index (κ2) is 6.12. The van der Waals surface area contributed by atoms with Crippen LogP contribution in [0.4, 0.5) is 5.69 Å². The van der Waals surface area contributed by atoms with Crippen LogP contribution in [-0.4, -0.2) is 7.11 Å². The Morgan fingerprint density at radius 3 is 2.72 bits per heavy atom. The number of hydrogen-bond acceptors (Lipinski definition) is 2. The highest BCUT2D eigenvalue weighted by atomic mass is 79.9. The molecule has 2 rings (SSSR count). The van der Waals surface area contributed by atoms with Gasteiger partial charge in [-0.25, -0.2) is 0 Å². The van der Waals surface area contributed by atoms with Gasteiger partial charge in [-0.2, -0.15) is 0 Å². The van der Waals surface area contributed by atoms with E-state index in [1.165, 1.54) is 0 Å². The van der Waals surface area contributed by atoms with Gasteiger partial charge in [0.05, 0.1) is 11.6 Å². The molecule has 4 heteroatoms. The van der Waals surface area contributed by atoms with Gasteiger partial charge in [-0.3, -0.25) is 0 Å². The Kier molecular flexibility index (Phi) is 4.50. The summed E-state index contributed by atoms with van der Waals surface area (Å²) < 4.78 is 6.12. The Balaban J connectivity index is 2.04. The van der Waals surface area contributed by atoms with E-state index in [2.05, 4.69) is 21.2 Å². The molecule has 2 aromatic rings. The summed E-state index contributed by atoms with van der Waals surface area (Å²) in [5.41, 5.74) is 2.18. The fraction of sp³-hybridized carbons (Fsp3) is 0.143. The van der Waals surface area contributed by atoms with Crippen LogP contribution in [0.15, 0.2) is 46.9 Å². The van der Waals surface area contributed by atoms with E-state index in [4.69, 9.17) is 16.3 Å². The summed E-state index contributed by atoms with van der Waals surface area (Å²) in [6, 6.07) is 13.7. The molecule has 0 saturated heterocycles. The van der Waals surface area contributed by atoms with Crippen molar-refractivity contribution in [1.82, 2.24) is 0 Å². The first-order valence-corrected chi connectivity index (χ1v) is 6.68. The van der Waals surface area contributed by atoms with Crippen molar-refractivity contribution < 1.29 is 4.74 Å². The van der Waals surface area contributed by atoms with E-state index >= 15 is 0 Å². The van der Waals surface area contributed by atoms with Crippen LogP contribution in [0.3, 0.4) is 0 Å². The molecule has 0 spiro atoms. The van der Waals surface area contributed by atoms with Crippen molar-refractivity contribution in [1.29, 1.82) is 0 Å². The topological polar surface area (TPSA) is 21.3 Å². The third kappa shape index (κ3) is 3.40. The molecule has 0 amide bonds. The number of nitrogens with one attached hydrogen (secondary N) is 1. The monoisotopic (exact) mass is 325 g/mol. The fourth-order valence-electron chi connectivity index (χ4n) is 1.63. The van der Waals surface area contributed by atoms with E-state index in [-0.39, 0.29) is 0 Å². The van der Waals surface area contributed by atoms with Gasteiger partial charge in [-0.1, -0.05) is 23.7 Å². The van der Waals surface area contributed by atoms with Crippen LogP contribution >= 0.6 is 27.5 Å². The highest BCUT2D eigenvalue weighted by molar-refractivity contribution is 9.10. The summed E-state index contributed by atoms with van der Waals surface area (Å²) in [5, 5.41) is 4.09. The van der Waals surface area contributed by atoms with Crippen molar-refractivity contribution >= 4 is 33.2 Å². The summed E-state index contributed by atoms with van der Waals surface area (Å²) in [6.07, 6.45) is 0. The van der Waals surface area contributed by atoms with Crippen LogP contribution < -0.4 is 10.1 Å². The second-order valence-electron chi connectivity index (χ2n) is 3.83. The number of methoxy groups -OCH3 is 1. The van der Waals surface area contributed by atoms with E-state index in [0.29, 0.717) is 0 Å². The molecular formula is C14H13BrClNO. The summed E-state index contributed by atoms with van der Waals surface area (Å²) in [7, 11) is 1.65. The average Bonchev–Trinajstić information content (AvgIpc) is 2.37. The minimum atomic E-state index is 0.735. The molecule has 2 aromatic carbocycles. The molecule has 0 atom stereocenters. The molecule has 0 aliphatic rings. The van der Waals surface area contributed by atoms with Crippen LogP contribution in [0.1, 0.15) is 5.56 Å². The highest BCUT2D eigenvalue weighted by Gasteiger charge is 2.01. The van der Waals surface area contributed by atoms with Crippen molar-refractivity contribution in [2.75, 3.05) is 12.4 Å². The smallest absolute Gasteiger partial charge is 0.133 e. The minimum absolute atomic E-state index is 0.735. The van der Waals surface area contributed by atoms with Gasteiger partial charge in [0.1, 0.15) is 5.75 Å². The third-order valence-electron chi connectivity index (χ3n) is 2.54. The van der Waals surface area contributed by atoms with Crippen LogP contribution in [0.2, 0.25) is 5.02 Å². The number of rotatable bonds is 4. The van der Waals surface area contributed by atoms with Gasteiger partial charge in [0.15, 0.2) is 0 Å². The maximum atomic E-state index is 5.94. The largest absolute Gasteiger partial charge is 0.496 e.